The summed E-state index contributed by atoms with van der Waals surface area (Å²) in [4.78, 5) is 22.4. The molecular weight excluding hydrogens is 340 g/mol. The van der Waals surface area contributed by atoms with Crippen molar-refractivity contribution in [2.24, 2.45) is 0 Å². The third-order valence-corrected chi connectivity index (χ3v) is 3.06. The van der Waals surface area contributed by atoms with E-state index in [1.165, 1.54) is 12.1 Å². The number of nitrogens with one attached hydrogen (secondary N) is 3. The molecule has 2 aromatic rings. The van der Waals surface area contributed by atoms with Crippen LogP contribution in [0.3, 0.4) is 0 Å². The van der Waals surface area contributed by atoms with E-state index in [9.17, 15) is 9.59 Å². The van der Waals surface area contributed by atoms with Gasteiger partial charge in [-0.15, -0.1) is 0 Å². The minimum Gasteiger partial charge on any atom is -0.493 e. The van der Waals surface area contributed by atoms with E-state index in [2.05, 4.69) is 16.1 Å². The normalized spacial score (nSPS) is 10.2. The highest BCUT2D eigenvalue weighted by atomic mass is 16.5. The Bertz CT molecular complexity index is 794. The molecule has 0 radical (unpaired) electrons. The second kappa shape index (κ2) is 8.58. The second-order valence-corrected chi connectivity index (χ2v) is 5.39. The van der Waals surface area contributed by atoms with Crippen LogP contribution < -0.4 is 25.5 Å². The highest BCUT2D eigenvalue weighted by Gasteiger charge is 2.10. The lowest BCUT2D eigenvalue weighted by molar-refractivity contribution is 0.209. The largest absolute Gasteiger partial charge is 0.493 e. The first-order valence-electron chi connectivity index (χ1n) is 7.58. The van der Waals surface area contributed by atoms with Crippen molar-refractivity contribution in [1.82, 2.24) is 10.4 Å². The van der Waals surface area contributed by atoms with E-state index in [-0.39, 0.29) is 0 Å². The molecular formula is C17H20N4O5. The first-order valence-corrected chi connectivity index (χ1v) is 7.58. The summed E-state index contributed by atoms with van der Waals surface area (Å²) in [6, 6.07) is 11.0. The van der Waals surface area contributed by atoms with Crippen LogP contribution in [0.1, 0.15) is 0 Å². The molecule has 26 heavy (non-hydrogen) atoms. The molecule has 0 saturated heterocycles. The molecule has 0 atom stereocenters. The van der Waals surface area contributed by atoms with E-state index in [0.717, 1.165) is 0 Å². The lowest BCUT2D eigenvalue weighted by Crippen LogP contribution is -2.39. The first-order chi connectivity index (χ1) is 12.4. The Morgan fingerprint density at radius 3 is 2.38 bits per heavy atom. The molecule has 0 saturated carbocycles. The van der Waals surface area contributed by atoms with Crippen molar-refractivity contribution < 1.29 is 24.2 Å². The van der Waals surface area contributed by atoms with Crippen LogP contribution in [0.2, 0.25) is 0 Å². The maximum atomic E-state index is 11.7. The molecule has 2 rings (SSSR count). The fraction of sp³-hybridized carbons (Fsp3) is 0.176. The van der Waals surface area contributed by atoms with Crippen LogP contribution in [0.5, 0.6) is 17.2 Å². The van der Waals surface area contributed by atoms with Gasteiger partial charge in [-0.25, -0.2) is 14.6 Å². The highest BCUT2D eigenvalue weighted by molar-refractivity contribution is 5.89. The molecule has 0 aromatic heterocycles. The number of benzene rings is 2. The quantitative estimate of drug-likeness (QED) is 0.589. The van der Waals surface area contributed by atoms with Crippen molar-refractivity contribution in [3.63, 3.8) is 0 Å². The average molecular weight is 360 g/mol. The van der Waals surface area contributed by atoms with Crippen molar-refractivity contribution in [2.45, 2.75) is 0 Å². The number of anilines is 2. The van der Waals surface area contributed by atoms with Crippen molar-refractivity contribution >= 4 is 23.5 Å². The number of ether oxygens (including phenoxy) is 2. The number of carbonyl (C=O) groups excluding carboxylic acids is 1. The number of rotatable bonds is 6. The summed E-state index contributed by atoms with van der Waals surface area (Å²) in [5.74, 6) is 1.25. The SMILES string of the molecule is COc1cc(NC(=O)NN(C)C)ccc1Oc1cccc(NC(=O)O)c1. The lowest BCUT2D eigenvalue weighted by atomic mass is 10.2. The minimum absolute atomic E-state index is 0.382. The lowest BCUT2D eigenvalue weighted by Gasteiger charge is -2.15. The van der Waals surface area contributed by atoms with Gasteiger partial charge in [0.2, 0.25) is 0 Å². The molecule has 2 aromatic carbocycles. The van der Waals surface area contributed by atoms with E-state index >= 15 is 0 Å². The van der Waals surface area contributed by atoms with Crippen LogP contribution in [0, 0.1) is 0 Å². The molecule has 0 bridgehead atoms. The standard InChI is InChI=1S/C17H20N4O5/c1-21(2)20-16(22)18-12-7-8-14(15(10-12)25-3)26-13-6-4-5-11(9-13)19-17(23)24/h4-10,19H,1-3H3,(H,23,24)(H2,18,20,22). The van der Waals surface area contributed by atoms with Crippen LogP contribution in [-0.4, -0.2) is 43.4 Å². The van der Waals surface area contributed by atoms with Crippen molar-refractivity contribution in [2.75, 3.05) is 31.8 Å². The number of methoxy groups -OCH3 is 1. The predicted octanol–water partition coefficient (Wildman–Crippen LogP) is 3.18. The topological polar surface area (TPSA) is 112 Å². The van der Waals surface area contributed by atoms with Crippen LogP contribution in [0.25, 0.3) is 0 Å². The Hall–Kier alpha value is -3.46. The second-order valence-electron chi connectivity index (χ2n) is 5.39. The van der Waals surface area contributed by atoms with E-state index in [1.807, 2.05) is 0 Å². The smallest absolute Gasteiger partial charge is 0.409 e. The van der Waals surface area contributed by atoms with Gasteiger partial charge in [0, 0.05) is 37.6 Å². The fourth-order valence-corrected chi connectivity index (χ4v) is 2.08. The first kappa shape index (κ1) is 18.9. The van der Waals surface area contributed by atoms with Crippen molar-refractivity contribution in [3.05, 3.63) is 42.5 Å². The molecule has 0 heterocycles. The third-order valence-electron chi connectivity index (χ3n) is 3.06. The molecule has 138 valence electrons. The average Bonchev–Trinajstić information content (AvgIpc) is 2.55. The number of carboxylic acid groups (broad SMARTS) is 1. The molecule has 0 aliphatic heterocycles. The van der Waals surface area contributed by atoms with Gasteiger partial charge in [0.25, 0.3) is 0 Å². The molecule has 0 unspecified atom stereocenters. The third kappa shape index (κ3) is 5.56. The molecule has 0 spiro atoms. The number of urea groups is 1. The molecule has 0 aliphatic rings. The Labute approximate surface area is 150 Å². The van der Waals surface area contributed by atoms with E-state index < -0.39 is 12.1 Å². The molecule has 0 aliphatic carbocycles. The summed E-state index contributed by atoms with van der Waals surface area (Å²) >= 11 is 0. The molecule has 9 heteroatoms. The van der Waals surface area contributed by atoms with E-state index in [0.29, 0.717) is 28.6 Å². The Morgan fingerprint density at radius 2 is 1.73 bits per heavy atom. The maximum Gasteiger partial charge on any atom is 0.409 e. The number of hydrogen-bond acceptors (Lipinski definition) is 5. The molecule has 4 N–H and O–H groups in total. The minimum atomic E-state index is -1.16. The van der Waals surface area contributed by atoms with Crippen molar-refractivity contribution in [1.29, 1.82) is 0 Å². The number of hydrogen-bond donors (Lipinski definition) is 4. The highest BCUT2D eigenvalue weighted by Crippen LogP contribution is 2.34. The predicted molar refractivity (Wildman–Crippen MR) is 97.0 cm³/mol. The van der Waals surface area contributed by atoms with Crippen LogP contribution in [-0.2, 0) is 0 Å². The van der Waals surface area contributed by atoms with E-state index in [1.54, 1.807) is 56.6 Å². The van der Waals surface area contributed by atoms with Gasteiger partial charge in [-0.05, 0) is 24.3 Å². The van der Waals surface area contributed by atoms with Gasteiger partial charge in [-0.1, -0.05) is 6.07 Å². The summed E-state index contributed by atoms with van der Waals surface area (Å²) in [5.41, 5.74) is 3.47. The summed E-state index contributed by atoms with van der Waals surface area (Å²) in [6.45, 7) is 0. The Morgan fingerprint density at radius 1 is 1.00 bits per heavy atom. The fourth-order valence-electron chi connectivity index (χ4n) is 2.08. The summed E-state index contributed by atoms with van der Waals surface area (Å²) in [5, 5.41) is 15.2. The zero-order chi connectivity index (χ0) is 19.1. The van der Waals surface area contributed by atoms with Crippen LogP contribution >= 0.6 is 0 Å². The summed E-state index contributed by atoms with van der Waals surface area (Å²) < 4.78 is 11.1. The number of nitrogens with zero attached hydrogens (tertiary/aromatic N) is 1. The molecule has 9 nitrogen and oxygen atoms in total. The summed E-state index contributed by atoms with van der Waals surface area (Å²) in [7, 11) is 4.88. The van der Waals surface area contributed by atoms with Gasteiger partial charge in [0.15, 0.2) is 11.5 Å². The zero-order valence-electron chi connectivity index (χ0n) is 14.6. The van der Waals surface area contributed by atoms with Crippen LogP contribution in [0.15, 0.2) is 42.5 Å². The Balaban J connectivity index is 2.15. The summed E-state index contributed by atoms with van der Waals surface area (Å²) in [6.07, 6.45) is -1.16. The van der Waals surface area contributed by atoms with Gasteiger partial charge in [-0.2, -0.15) is 0 Å². The number of carbonyl (C=O) groups is 2. The Kier molecular flexibility index (Phi) is 6.23. The number of amides is 3. The zero-order valence-corrected chi connectivity index (χ0v) is 14.6. The molecule has 3 amide bonds. The van der Waals surface area contributed by atoms with Gasteiger partial charge >= 0.3 is 12.1 Å². The molecule has 0 fully saturated rings. The number of hydrazine groups is 1. The van der Waals surface area contributed by atoms with Gasteiger partial charge in [0.05, 0.1) is 7.11 Å². The van der Waals surface area contributed by atoms with Gasteiger partial charge in [-0.3, -0.25) is 10.7 Å². The maximum absolute atomic E-state index is 11.7. The van der Waals surface area contributed by atoms with Gasteiger partial charge < -0.3 is 19.9 Å². The van der Waals surface area contributed by atoms with Gasteiger partial charge in [0.1, 0.15) is 5.75 Å². The monoisotopic (exact) mass is 360 g/mol. The van der Waals surface area contributed by atoms with E-state index in [4.69, 9.17) is 14.6 Å². The van der Waals surface area contributed by atoms with Crippen molar-refractivity contribution in [3.8, 4) is 17.2 Å². The van der Waals surface area contributed by atoms with Crippen LogP contribution in [0.4, 0.5) is 21.0 Å².